The lowest BCUT2D eigenvalue weighted by atomic mass is 9.78. The zero-order chi connectivity index (χ0) is 26.0. The Bertz CT molecular complexity index is 1250. The molecule has 192 valence electrons. The largest absolute Gasteiger partial charge is 0.491 e. The first-order valence-electron chi connectivity index (χ1n) is 11.9. The molecule has 0 heterocycles. The zero-order valence-electron chi connectivity index (χ0n) is 19.9. The quantitative estimate of drug-likeness (QED) is 0.299. The smallest absolute Gasteiger partial charge is 0.201 e. The molecule has 0 spiro atoms. The number of benzene rings is 3. The average molecular weight is 509 g/mol. The highest BCUT2D eigenvalue weighted by atomic mass is 19.2. The normalized spacial score (nSPS) is 17.8. The van der Waals surface area contributed by atoms with Crippen LogP contribution in [0.15, 0.2) is 36.4 Å². The molecule has 1 saturated carbocycles. The van der Waals surface area contributed by atoms with Gasteiger partial charge in [-0.3, -0.25) is 0 Å². The van der Waals surface area contributed by atoms with Crippen LogP contribution in [-0.4, -0.2) is 13.2 Å². The molecule has 0 aliphatic heterocycles. The molecular weight excluding hydrogens is 482 g/mol. The van der Waals surface area contributed by atoms with E-state index in [9.17, 15) is 26.3 Å². The van der Waals surface area contributed by atoms with E-state index < -0.39 is 46.0 Å². The van der Waals surface area contributed by atoms with E-state index in [2.05, 4.69) is 0 Å². The van der Waals surface area contributed by atoms with Gasteiger partial charge in [0.2, 0.25) is 11.6 Å². The fraction of sp³-hybridized carbons (Fsp3) is 0.357. The van der Waals surface area contributed by atoms with Crippen molar-refractivity contribution < 1.29 is 35.8 Å². The van der Waals surface area contributed by atoms with Crippen LogP contribution in [0.4, 0.5) is 26.3 Å². The first-order chi connectivity index (χ1) is 17.2. The fourth-order valence-electron chi connectivity index (χ4n) is 4.68. The Hall–Kier alpha value is -3.16. The van der Waals surface area contributed by atoms with E-state index in [1.165, 1.54) is 13.0 Å². The standard InChI is InChI=1S/C28H26F6O2/c1-3-35-21-12-10-19(25(31)27(21)33)20-11-13-22(28(34)26(20)32)36-14-16-5-7-17(8-6-16)18-9-4-15(2)23(29)24(18)30/h4,9-13,16-17H,3,5-8,14H2,1-2H3. The average Bonchev–Trinajstić information content (AvgIpc) is 2.87. The monoisotopic (exact) mass is 508 g/mol. The maximum absolute atomic E-state index is 14.8. The van der Waals surface area contributed by atoms with Crippen molar-refractivity contribution in [2.45, 2.75) is 45.4 Å². The molecule has 0 atom stereocenters. The minimum Gasteiger partial charge on any atom is -0.491 e. The topological polar surface area (TPSA) is 18.5 Å². The van der Waals surface area contributed by atoms with Crippen LogP contribution in [0.5, 0.6) is 11.5 Å². The molecule has 0 amide bonds. The summed E-state index contributed by atoms with van der Waals surface area (Å²) in [7, 11) is 0. The number of halogens is 6. The lowest BCUT2D eigenvalue weighted by Gasteiger charge is -2.29. The minimum absolute atomic E-state index is 0.0272. The second-order valence-electron chi connectivity index (χ2n) is 9.04. The Morgan fingerprint density at radius 2 is 1.19 bits per heavy atom. The lowest BCUT2D eigenvalue weighted by Crippen LogP contribution is -2.20. The Kier molecular flexibility index (Phi) is 7.81. The van der Waals surface area contributed by atoms with E-state index in [4.69, 9.17) is 9.47 Å². The summed E-state index contributed by atoms with van der Waals surface area (Å²) < 4.78 is 96.9. The summed E-state index contributed by atoms with van der Waals surface area (Å²) in [6.45, 7) is 3.35. The predicted molar refractivity (Wildman–Crippen MR) is 124 cm³/mol. The molecule has 0 radical (unpaired) electrons. The van der Waals surface area contributed by atoms with Crippen molar-refractivity contribution in [2.75, 3.05) is 13.2 Å². The molecule has 1 aliphatic rings. The number of rotatable bonds is 7. The van der Waals surface area contributed by atoms with Crippen molar-refractivity contribution in [1.82, 2.24) is 0 Å². The minimum atomic E-state index is -1.35. The summed E-state index contributed by atoms with van der Waals surface area (Å²) in [4.78, 5) is 0. The molecule has 0 unspecified atom stereocenters. The van der Waals surface area contributed by atoms with Gasteiger partial charge < -0.3 is 9.47 Å². The lowest BCUT2D eigenvalue weighted by molar-refractivity contribution is 0.192. The third kappa shape index (κ3) is 5.04. The predicted octanol–water partition coefficient (Wildman–Crippen LogP) is 8.25. The summed E-state index contributed by atoms with van der Waals surface area (Å²) in [6.07, 6.45) is 2.54. The number of ether oxygens (including phenoxy) is 2. The second-order valence-corrected chi connectivity index (χ2v) is 9.04. The third-order valence-electron chi connectivity index (χ3n) is 6.75. The molecule has 3 aromatic carbocycles. The Morgan fingerprint density at radius 1 is 0.639 bits per heavy atom. The van der Waals surface area contributed by atoms with Gasteiger partial charge in [-0.1, -0.05) is 12.1 Å². The molecule has 0 saturated heterocycles. The summed E-state index contributed by atoms with van der Waals surface area (Å²) in [5, 5.41) is 0. The van der Waals surface area contributed by atoms with Crippen molar-refractivity contribution in [3.8, 4) is 22.6 Å². The third-order valence-corrected chi connectivity index (χ3v) is 6.75. The van der Waals surface area contributed by atoms with Gasteiger partial charge in [-0.15, -0.1) is 0 Å². The number of hydrogen-bond acceptors (Lipinski definition) is 2. The van der Waals surface area contributed by atoms with Gasteiger partial charge in [0.1, 0.15) is 0 Å². The molecule has 36 heavy (non-hydrogen) atoms. The van der Waals surface area contributed by atoms with Crippen LogP contribution in [-0.2, 0) is 0 Å². The van der Waals surface area contributed by atoms with Crippen molar-refractivity contribution in [2.24, 2.45) is 5.92 Å². The Labute approximate surface area is 205 Å². The van der Waals surface area contributed by atoms with Crippen molar-refractivity contribution in [1.29, 1.82) is 0 Å². The van der Waals surface area contributed by atoms with Crippen LogP contribution in [0.2, 0.25) is 0 Å². The van der Waals surface area contributed by atoms with Crippen molar-refractivity contribution >= 4 is 0 Å². The van der Waals surface area contributed by atoms with E-state index in [1.54, 1.807) is 19.1 Å². The van der Waals surface area contributed by atoms with E-state index in [-0.39, 0.29) is 42.1 Å². The van der Waals surface area contributed by atoms with E-state index in [1.807, 2.05) is 0 Å². The van der Waals surface area contributed by atoms with Crippen molar-refractivity contribution in [3.05, 3.63) is 82.4 Å². The molecular formula is C28H26F6O2. The van der Waals surface area contributed by atoms with Gasteiger partial charge in [0.05, 0.1) is 13.2 Å². The molecule has 1 aliphatic carbocycles. The molecule has 4 rings (SSSR count). The molecule has 2 nitrogen and oxygen atoms in total. The van der Waals surface area contributed by atoms with Gasteiger partial charge in [0, 0.05) is 11.1 Å². The van der Waals surface area contributed by atoms with Crippen LogP contribution in [0.25, 0.3) is 11.1 Å². The maximum Gasteiger partial charge on any atom is 0.201 e. The van der Waals surface area contributed by atoms with Crippen LogP contribution in [0.1, 0.15) is 49.7 Å². The molecule has 1 fully saturated rings. The fourth-order valence-corrected chi connectivity index (χ4v) is 4.68. The summed E-state index contributed by atoms with van der Waals surface area (Å²) in [5.74, 6) is -7.64. The first-order valence-corrected chi connectivity index (χ1v) is 11.9. The van der Waals surface area contributed by atoms with Crippen LogP contribution >= 0.6 is 0 Å². The highest BCUT2D eigenvalue weighted by Crippen LogP contribution is 2.39. The zero-order valence-corrected chi connectivity index (χ0v) is 19.9. The van der Waals surface area contributed by atoms with E-state index in [0.717, 1.165) is 18.2 Å². The summed E-state index contributed by atoms with van der Waals surface area (Å²) in [5.41, 5.74) is -0.252. The number of hydrogen-bond donors (Lipinski definition) is 0. The summed E-state index contributed by atoms with van der Waals surface area (Å²) in [6, 6.07) is 7.79. The number of aryl methyl sites for hydroxylation is 1. The summed E-state index contributed by atoms with van der Waals surface area (Å²) >= 11 is 0. The van der Waals surface area contributed by atoms with Gasteiger partial charge >= 0.3 is 0 Å². The SMILES string of the molecule is CCOc1ccc(-c2ccc(OCC3CCC(c4ccc(C)c(F)c4F)CC3)c(F)c2F)c(F)c1F. The van der Waals surface area contributed by atoms with Crippen molar-refractivity contribution in [3.63, 3.8) is 0 Å². The Morgan fingerprint density at radius 3 is 1.75 bits per heavy atom. The maximum atomic E-state index is 14.8. The second kappa shape index (κ2) is 10.8. The van der Waals surface area contributed by atoms with Gasteiger partial charge in [0.25, 0.3) is 0 Å². The van der Waals surface area contributed by atoms with Gasteiger partial charge in [-0.05, 0) is 86.8 Å². The van der Waals surface area contributed by atoms with Gasteiger partial charge in [-0.25, -0.2) is 17.6 Å². The molecule has 0 bridgehead atoms. The molecule has 0 aromatic heterocycles. The van der Waals surface area contributed by atoms with Crippen LogP contribution < -0.4 is 9.47 Å². The van der Waals surface area contributed by atoms with Crippen LogP contribution in [0, 0.1) is 47.7 Å². The molecule has 0 N–H and O–H groups in total. The van der Waals surface area contributed by atoms with E-state index in [0.29, 0.717) is 31.2 Å². The highest BCUT2D eigenvalue weighted by molar-refractivity contribution is 5.67. The van der Waals surface area contributed by atoms with Gasteiger partial charge in [-0.2, -0.15) is 8.78 Å². The van der Waals surface area contributed by atoms with Gasteiger partial charge in [0.15, 0.2) is 34.8 Å². The molecule has 8 heteroatoms. The molecule has 3 aromatic rings. The van der Waals surface area contributed by atoms with E-state index >= 15 is 0 Å². The Balaban J connectivity index is 1.41. The van der Waals surface area contributed by atoms with Crippen LogP contribution in [0.3, 0.4) is 0 Å². The highest BCUT2D eigenvalue weighted by Gasteiger charge is 2.27. The first kappa shape index (κ1) is 25.9.